The van der Waals surface area contributed by atoms with Gasteiger partial charge >= 0.3 is 0 Å². The van der Waals surface area contributed by atoms with Crippen LogP contribution in [0.25, 0.3) is 11.0 Å². The van der Waals surface area contributed by atoms with E-state index in [2.05, 4.69) is 24.1 Å². The van der Waals surface area contributed by atoms with Crippen molar-refractivity contribution in [3.8, 4) is 0 Å². The van der Waals surface area contributed by atoms with Crippen molar-refractivity contribution in [2.45, 2.75) is 53.3 Å². The Morgan fingerprint density at radius 3 is 2.52 bits per heavy atom. The fourth-order valence-corrected chi connectivity index (χ4v) is 2.83. The Kier molecular flexibility index (Phi) is 6.42. The molecular formula is C19H30N4O2. The van der Waals surface area contributed by atoms with Gasteiger partial charge in [-0.15, -0.1) is 0 Å². The second kappa shape index (κ2) is 8.34. The molecule has 6 nitrogen and oxygen atoms in total. The van der Waals surface area contributed by atoms with E-state index in [9.17, 15) is 9.90 Å². The van der Waals surface area contributed by atoms with Gasteiger partial charge in [-0.1, -0.05) is 26.0 Å². The maximum Gasteiger partial charge on any atom is 0.242 e. The number of aliphatic hydroxyl groups excluding tert-OH is 1. The monoisotopic (exact) mass is 346 g/mol. The summed E-state index contributed by atoms with van der Waals surface area (Å²) in [5.41, 5.74) is 1.75. The maximum absolute atomic E-state index is 12.9. The first-order chi connectivity index (χ1) is 11.8. The molecule has 6 heteroatoms. The van der Waals surface area contributed by atoms with Gasteiger partial charge in [-0.25, -0.2) is 4.98 Å². The van der Waals surface area contributed by atoms with Crippen molar-refractivity contribution >= 4 is 22.9 Å². The molecule has 0 spiro atoms. The van der Waals surface area contributed by atoms with Gasteiger partial charge in [0.25, 0.3) is 0 Å². The number of benzene rings is 1. The van der Waals surface area contributed by atoms with E-state index in [1.807, 2.05) is 47.6 Å². The van der Waals surface area contributed by atoms with Crippen molar-refractivity contribution in [1.82, 2.24) is 14.5 Å². The number of carbonyl (C=O) groups excluding carboxylic acids is 1. The van der Waals surface area contributed by atoms with Gasteiger partial charge in [-0.3, -0.25) is 4.79 Å². The molecule has 2 rings (SSSR count). The zero-order valence-corrected chi connectivity index (χ0v) is 15.9. The zero-order valence-electron chi connectivity index (χ0n) is 15.9. The lowest BCUT2D eigenvalue weighted by atomic mass is 10.1. The number of imidazole rings is 1. The average molecular weight is 346 g/mol. The molecule has 0 radical (unpaired) electrons. The van der Waals surface area contributed by atoms with Crippen LogP contribution >= 0.6 is 0 Å². The van der Waals surface area contributed by atoms with Crippen LogP contribution in [0.3, 0.4) is 0 Å². The van der Waals surface area contributed by atoms with Crippen LogP contribution < -0.4 is 5.32 Å². The van der Waals surface area contributed by atoms with E-state index in [0.29, 0.717) is 18.4 Å². The first-order valence-corrected chi connectivity index (χ1v) is 8.96. The molecule has 2 N–H and O–H groups in total. The van der Waals surface area contributed by atoms with Gasteiger partial charge in [0.1, 0.15) is 6.54 Å². The molecule has 0 saturated carbocycles. The summed E-state index contributed by atoms with van der Waals surface area (Å²) < 4.78 is 1.90. The lowest BCUT2D eigenvalue weighted by Gasteiger charge is -2.29. The Morgan fingerprint density at radius 2 is 1.92 bits per heavy atom. The third-order valence-electron chi connectivity index (χ3n) is 4.01. The van der Waals surface area contributed by atoms with Crippen LogP contribution in [0.1, 0.15) is 34.6 Å². The smallest absolute Gasteiger partial charge is 0.242 e. The van der Waals surface area contributed by atoms with Crippen molar-refractivity contribution in [3.05, 3.63) is 24.3 Å². The Balaban J connectivity index is 2.31. The molecule has 1 unspecified atom stereocenters. The highest BCUT2D eigenvalue weighted by Crippen LogP contribution is 2.20. The highest BCUT2D eigenvalue weighted by Gasteiger charge is 2.21. The number of rotatable bonds is 8. The normalized spacial score (nSPS) is 12.8. The van der Waals surface area contributed by atoms with Crippen molar-refractivity contribution in [2.75, 3.05) is 18.4 Å². The molecule has 25 heavy (non-hydrogen) atoms. The van der Waals surface area contributed by atoms with E-state index >= 15 is 0 Å². The lowest BCUT2D eigenvalue weighted by Crippen LogP contribution is -2.41. The molecule has 0 fully saturated rings. The van der Waals surface area contributed by atoms with Crippen LogP contribution in [0, 0.1) is 5.92 Å². The first kappa shape index (κ1) is 19.2. The van der Waals surface area contributed by atoms with E-state index < -0.39 is 6.10 Å². The highest BCUT2D eigenvalue weighted by atomic mass is 16.3. The third kappa shape index (κ3) is 4.95. The van der Waals surface area contributed by atoms with Gasteiger partial charge in [0.05, 0.1) is 17.1 Å². The van der Waals surface area contributed by atoms with E-state index in [1.165, 1.54) is 0 Å². The standard InChI is InChI=1S/C19H30N4O2/c1-13(2)11-22(14(3)4)18(25)12-23-17-9-7-6-8-16(17)21-19(23)20-10-15(5)24/h6-9,13-15,24H,10-12H2,1-5H3,(H,20,21). The van der Waals surface area contributed by atoms with Crippen LogP contribution in [-0.2, 0) is 11.3 Å². The molecule has 0 aliphatic heterocycles. The number of anilines is 1. The van der Waals surface area contributed by atoms with Crippen molar-refractivity contribution < 1.29 is 9.90 Å². The number of hydrogen-bond acceptors (Lipinski definition) is 4. The molecular weight excluding hydrogens is 316 g/mol. The minimum atomic E-state index is -0.489. The Labute approximate surface area is 149 Å². The quantitative estimate of drug-likeness (QED) is 0.771. The van der Waals surface area contributed by atoms with Gasteiger partial charge < -0.3 is 19.9 Å². The van der Waals surface area contributed by atoms with Crippen LogP contribution in [0.2, 0.25) is 0 Å². The summed E-state index contributed by atoms with van der Waals surface area (Å²) in [5, 5.41) is 12.7. The highest BCUT2D eigenvalue weighted by molar-refractivity contribution is 5.83. The minimum Gasteiger partial charge on any atom is -0.392 e. The zero-order chi connectivity index (χ0) is 18.6. The molecule has 1 aromatic carbocycles. The fraction of sp³-hybridized carbons (Fsp3) is 0.579. The maximum atomic E-state index is 12.9. The average Bonchev–Trinajstić information content (AvgIpc) is 2.88. The molecule has 1 atom stereocenters. The molecule has 0 aliphatic carbocycles. The SMILES string of the molecule is CC(C)CN(C(=O)Cn1c(NCC(C)O)nc2ccccc21)C(C)C. The van der Waals surface area contributed by atoms with Crippen molar-refractivity contribution in [2.24, 2.45) is 5.92 Å². The minimum absolute atomic E-state index is 0.0759. The van der Waals surface area contributed by atoms with E-state index in [-0.39, 0.29) is 18.5 Å². The summed E-state index contributed by atoms with van der Waals surface area (Å²) in [5.74, 6) is 1.11. The molecule has 1 aromatic heterocycles. The topological polar surface area (TPSA) is 70.4 Å². The van der Waals surface area contributed by atoms with Gasteiger partial charge in [0.15, 0.2) is 0 Å². The number of amides is 1. The number of hydrogen-bond donors (Lipinski definition) is 2. The van der Waals surface area contributed by atoms with Crippen molar-refractivity contribution in [3.63, 3.8) is 0 Å². The number of nitrogens with one attached hydrogen (secondary N) is 1. The van der Waals surface area contributed by atoms with E-state index in [4.69, 9.17) is 0 Å². The summed E-state index contributed by atoms with van der Waals surface area (Å²) in [4.78, 5) is 19.4. The fourth-order valence-electron chi connectivity index (χ4n) is 2.83. The Morgan fingerprint density at radius 1 is 1.24 bits per heavy atom. The van der Waals surface area contributed by atoms with Gasteiger partial charge in [0, 0.05) is 19.1 Å². The molecule has 1 amide bonds. The van der Waals surface area contributed by atoms with E-state index in [1.54, 1.807) is 6.92 Å². The number of fused-ring (bicyclic) bond motifs is 1. The van der Waals surface area contributed by atoms with Crippen LogP contribution in [0.15, 0.2) is 24.3 Å². The summed E-state index contributed by atoms with van der Waals surface area (Å²) >= 11 is 0. The predicted octanol–water partition coefficient (Wildman–Crippen LogP) is 2.72. The lowest BCUT2D eigenvalue weighted by molar-refractivity contribution is -0.134. The predicted molar refractivity (Wildman–Crippen MR) is 102 cm³/mol. The second-order valence-electron chi connectivity index (χ2n) is 7.27. The molecule has 138 valence electrons. The number of aromatic nitrogens is 2. The summed E-state index contributed by atoms with van der Waals surface area (Å²) in [6, 6.07) is 7.92. The van der Waals surface area contributed by atoms with Gasteiger partial charge in [-0.05, 0) is 38.8 Å². The number of aliphatic hydroxyl groups is 1. The van der Waals surface area contributed by atoms with Crippen LogP contribution in [0.4, 0.5) is 5.95 Å². The molecule has 0 aliphatic rings. The van der Waals surface area contributed by atoms with Crippen LogP contribution in [0.5, 0.6) is 0 Å². The second-order valence-corrected chi connectivity index (χ2v) is 7.27. The molecule has 1 heterocycles. The van der Waals surface area contributed by atoms with Gasteiger partial charge in [0.2, 0.25) is 11.9 Å². The molecule has 2 aromatic rings. The third-order valence-corrected chi connectivity index (χ3v) is 4.01. The Bertz CT molecular complexity index is 707. The molecule has 0 bridgehead atoms. The Hall–Kier alpha value is -2.08. The van der Waals surface area contributed by atoms with Crippen molar-refractivity contribution in [1.29, 1.82) is 0 Å². The summed E-state index contributed by atoms with van der Waals surface area (Å²) in [7, 11) is 0. The number of nitrogens with zero attached hydrogens (tertiary/aromatic N) is 3. The summed E-state index contributed by atoms with van der Waals surface area (Å²) in [6.45, 7) is 11.4. The largest absolute Gasteiger partial charge is 0.392 e. The summed E-state index contributed by atoms with van der Waals surface area (Å²) in [6.07, 6.45) is -0.489. The number of para-hydroxylation sites is 2. The first-order valence-electron chi connectivity index (χ1n) is 8.96. The van der Waals surface area contributed by atoms with Gasteiger partial charge in [-0.2, -0.15) is 0 Å². The number of carbonyl (C=O) groups is 1. The van der Waals surface area contributed by atoms with E-state index in [0.717, 1.165) is 17.6 Å². The van der Waals surface area contributed by atoms with Crippen LogP contribution in [-0.4, -0.2) is 50.7 Å². The molecule has 0 saturated heterocycles.